The summed E-state index contributed by atoms with van der Waals surface area (Å²) in [6.45, 7) is 5.40. The summed E-state index contributed by atoms with van der Waals surface area (Å²) in [5.74, 6) is 2.86. The highest BCUT2D eigenvalue weighted by atomic mass is 32.2. The zero-order chi connectivity index (χ0) is 20.0. The molecule has 0 aliphatic heterocycles. The molecule has 0 fully saturated rings. The van der Waals surface area contributed by atoms with Gasteiger partial charge in [-0.05, 0) is 24.6 Å². The first kappa shape index (κ1) is 20.1. The molecule has 0 saturated carbocycles. The van der Waals surface area contributed by atoms with Gasteiger partial charge < -0.3 is 4.74 Å². The van der Waals surface area contributed by atoms with Gasteiger partial charge in [0.15, 0.2) is 0 Å². The van der Waals surface area contributed by atoms with Crippen molar-refractivity contribution >= 4 is 15.7 Å². The van der Waals surface area contributed by atoms with Gasteiger partial charge in [-0.3, -0.25) is 0 Å². The number of hydrogen-bond donors (Lipinski definition) is 1. The molecule has 27 heavy (non-hydrogen) atoms. The fraction of sp³-hybridized carbons (Fsp3) is 0.250. The van der Waals surface area contributed by atoms with Gasteiger partial charge in [-0.15, -0.1) is 11.5 Å². The highest BCUT2D eigenvalue weighted by Crippen LogP contribution is 2.11. The Morgan fingerprint density at radius 1 is 1.48 bits per heavy atom. The molecule has 2 rings (SSSR count). The Labute approximate surface area is 155 Å². The SMILES string of the molecule is C#CCn1nnc2c(S(=O)(=O)NCC(=C)C=CC(=CC)OC)ncn2c1=O. The maximum absolute atomic E-state index is 12.5. The number of nitrogens with one attached hydrogen (secondary N) is 1. The molecule has 142 valence electrons. The molecule has 0 aliphatic carbocycles. The number of fused-ring (bicyclic) bond motifs is 1. The summed E-state index contributed by atoms with van der Waals surface area (Å²) >= 11 is 0. The molecule has 0 unspecified atom stereocenters. The van der Waals surface area contributed by atoms with E-state index in [1.165, 1.54) is 7.11 Å². The van der Waals surface area contributed by atoms with Crippen molar-refractivity contribution in [2.24, 2.45) is 0 Å². The summed E-state index contributed by atoms with van der Waals surface area (Å²) < 4.78 is 34.3. The zero-order valence-corrected chi connectivity index (χ0v) is 15.6. The van der Waals surface area contributed by atoms with Crippen LogP contribution in [0.3, 0.4) is 0 Å². The van der Waals surface area contributed by atoms with Gasteiger partial charge in [0.25, 0.3) is 10.0 Å². The maximum Gasteiger partial charge on any atom is 0.353 e. The van der Waals surface area contributed by atoms with Gasteiger partial charge in [-0.25, -0.2) is 27.3 Å². The Kier molecular flexibility index (Phi) is 6.27. The Hall–Kier alpha value is -3.23. The van der Waals surface area contributed by atoms with Crippen LogP contribution >= 0.6 is 0 Å². The lowest BCUT2D eigenvalue weighted by Crippen LogP contribution is -2.30. The lowest BCUT2D eigenvalue weighted by molar-refractivity contribution is 0.306. The molecular formula is C16H18N6O4S. The number of rotatable bonds is 8. The molecule has 1 N–H and O–H groups in total. The molecule has 0 radical (unpaired) electrons. The van der Waals surface area contributed by atoms with E-state index in [9.17, 15) is 13.2 Å². The van der Waals surface area contributed by atoms with Crippen LogP contribution in [0.4, 0.5) is 0 Å². The van der Waals surface area contributed by atoms with Crippen molar-refractivity contribution < 1.29 is 13.2 Å². The molecule has 10 nitrogen and oxygen atoms in total. The van der Waals surface area contributed by atoms with Crippen LogP contribution in [0.1, 0.15) is 6.92 Å². The monoisotopic (exact) mass is 390 g/mol. The van der Waals surface area contributed by atoms with Crippen molar-refractivity contribution in [3.8, 4) is 12.3 Å². The van der Waals surface area contributed by atoms with Crippen LogP contribution in [0.5, 0.6) is 0 Å². The van der Waals surface area contributed by atoms with Crippen LogP contribution in [0, 0.1) is 12.3 Å². The minimum absolute atomic E-state index is 0.0693. The van der Waals surface area contributed by atoms with E-state index in [1.54, 1.807) is 25.2 Å². The normalized spacial score (nSPS) is 12.4. The Morgan fingerprint density at radius 2 is 2.22 bits per heavy atom. The maximum atomic E-state index is 12.5. The van der Waals surface area contributed by atoms with Gasteiger partial charge >= 0.3 is 5.69 Å². The Bertz CT molecular complexity index is 1120. The van der Waals surface area contributed by atoms with Gasteiger partial charge in [0.05, 0.1) is 7.11 Å². The van der Waals surface area contributed by atoms with Crippen molar-refractivity contribution in [2.75, 3.05) is 13.7 Å². The number of sulfonamides is 1. The van der Waals surface area contributed by atoms with E-state index >= 15 is 0 Å². The van der Waals surface area contributed by atoms with Crippen LogP contribution in [0.15, 0.2) is 52.3 Å². The topological polar surface area (TPSA) is 120 Å². The summed E-state index contributed by atoms with van der Waals surface area (Å²) in [5, 5.41) is 6.93. The third-order valence-corrected chi connectivity index (χ3v) is 4.69. The van der Waals surface area contributed by atoms with Gasteiger partial charge in [-0.2, -0.15) is 4.68 Å². The average molecular weight is 390 g/mol. The number of methoxy groups -OCH3 is 1. The van der Waals surface area contributed by atoms with Crippen molar-refractivity contribution in [2.45, 2.75) is 18.5 Å². The Morgan fingerprint density at radius 3 is 2.85 bits per heavy atom. The van der Waals surface area contributed by atoms with Crippen LogP contribution in [0.25, 0.3) is 5.65 Å². The van der Waals surface area contributed by atoms with Gasteiger partial charge in [0.1, 0.15) is 18.6 Å². The number of ether oxygens (including phenoxy) is 1. The van der Waals surface area contributed by atoms with Crippen LogP contribution < -0.4 is 10.4 Å². The predicted octanol–water partition coefficient (Wildman–Crippen LogP) is -0.140. The number of hydrogen-bond acceptors (Lipinski definition) is 7. The average Bonchev–Trinajstić information content (AvgIpc) is 3.09. The minimum atomic E-state index is -4.04. The van der Waals surface area contributed by atoms with E-state index in [4.69, 9.17) is 11.2 Å². The summed E-state index contributed by atoms with van der Waals surface area (Å²) in [6.07, 6.45) is 11.2. The van der Waals surface area contributed by atoms with E-state index in [1.807, 2.05) is 0 Å². The summed E-state index contributed by atoms with van der Waals surface area (Å²) in [7, 11) is -2.52. The molecule has 2 aromatic rings. The largest absolute Gasteiger partial charge is 0.497 e. The number of terminal acetylenes is 1. The van der Waals surface area contributed by atoms with Crippen molar-refractivity contribution in [1.82, 2.24) is 29.1 Å². The van der Waals surface area contributed by atoms with E-state index in [-0.39, 0.29) is 18.7 Å². The van der Waals surface area contributed by atoms with Gasteiger partial charge in [0, 0.05) is 6.54 Å². The van der Waals surface area contributed by atoms with Gasteiger partial charge in [-0.1, -0.05) is 23.8 Å². The molecule has 0 aromatic carbocycles. The molecule has 0 spiro atoms. The summed E-state index contributed by atoms with van der Waals surface area (Å²) in [5.41, 5.74) is -0.351. The molecule has 2 aromatic heterocycles. The van der Waals surface area contributed by atoms with Gasteiger partial charge in [0.2, 0.25) is 10.7 Å². The molecule has 2 heterocycles. The zero-order valence-electron chi connectivity index (χ0n) is 14.8. The highest BCUT2D eigenvalue weighted by molar-refractivity contribution is 7.89. The first-order valence-corrected chi connectivity index (χ1v) is 9.12. The Balaban J connectivity index is 2.22. The smallest absolute Gasteiger partial charge is 0.353 e. The number of aromatic nitrogens is 5. The van der Waals surface area contributed by atoms with Crippen LogP contribution in [0.2, 0.25) is 0 Å². The van der Waals surface area contributed by atoms with E-state index < -0.39 is 20.7 Å². The number of allylic oxidation sites excluding steroid dienone is 2. The van der Waals surface area contributed by atoms with E-state index in [0.29, 0.717) is 11.3 Å². The van der Waals surface area contributed by atoms with Crippen molar-refractivity contribution in [3.63, 3.8) is 0 Å². The molecule has 11 heteroatoms. The third-order valence-electron chi connectivity index (χ3n) is 3.37. The fourth-order valence-electron chi connectivity index (χ4n) is 1.99. The summed E-state index contributed by atoms with van der Waals surface area (Å²) in [4.78, 5) is 15.9. The van der Waals surface area contributed by atoms with Crippen LogP contribution in [-0.4, -0.2) is 46.5 Å². The molecule has 0 atom stereocenters. The van der Waals surface area contributed by atoms with Crippen LogP contribution in [-0.2, 0) is 21.3 Å². The van der Waals surface area contributed by atoms with E-state index in [2.05, 4.69) is 32.5 Å². The molecule has 0 saturated heterocycles. The second-order valence-electron chi connectivity index (χ2n) is 5.19. The molecule has 0 aliphatic rings. The third kappa shape index (κ3) is 4.49. The van der Waals surface area contributed by atoms with Crippen molar-refractivity contribution in [3.05, 3.63) is 53.0 Å². The van der Waals surface area contributed by atoms with Crippen molar-refractivity contribution in [1.29, 1.82) is 0 Å². The molecular weight excluding hydrogens is 372 g/mol. The second-order valence-corrected chi connectivity index (χ2v) is 6.87. The highest BCUT2D eigenvalue weighted by Gasteiger charge is 2.23. The summed E-state index contributed by atoms with van der Waals surface area (Å²) in [6, 6.07) is 0. The predicted molar refractivity (Wildman–Crippen MR) is 98.1 cm³/mol. The standard InChI is InChI=1S/C16H18N6O4S/c1-5-9-22-16(23)21-11-17-15(14(21)19-20-22)27(24,25)18-10-12(3)7-8-13(6-2)26-4/h1,6-8,11,18H,3,9-10H2,2,4H3. The number of nitrogens with zero attached hydrogens (tertiary/aromatic N) is 5. The second kappa shape index (κ2) is 8.43. The lowest BCUT2D eigenvalue weighted by Gasteiger charge is -2.05. The molecule has 0 bridgehead atoms. The number of imidazole rings is 1. The fourth-order valence-corrected chi connectivity index (χ4v) is 3.07. The lowest BCUT2D eigenvalue weighted by atomic mass is 10.2. The molecule has 0 amide bonds. The minimum Gasteiger partial charge on any atom is -0.497 e. The quantitative estimate of drug-likeness (QED) is 0.378. The first-order valence-electron chi connectivity index (χ1n) is 7.64. The first-order chi connectivity index (χ1) is 12.8. The van der Waals surface area contributed by atoms with E-state index in [0.717, 1.165) is 15.4 Å².